The number of ether oxygens (including phenoxy) is 1. The number of pyridine rings is 1. The fraction of sp³-hybridized carbons (Fsp3) is 0.118. The van der Waals surface area contributed by atoms with Crippen LogP contribution in [0.2, 0.25) is 0 Å². The highest BCUT2D eigenvalue weighted by Gasteiger charge is 2.05. The lowest BCUT2D eigenvalue weighted by atomic mass is 10.1. The van der Waals surface area contributed by atoms with Crippen molar-refractivity contribution < 1.29 is 4.74 Å². The third kappa shape index (κ3) is 2.30. The van der Waals surface area contributed by atoms with Crippen molar-refractivity contribution in [2.24, 2.45) is 0 Å². The summed E-state index contributed by atoms with van der Waals surface area (Å²) in [4.78, 5) is 15.6. The van der Waals surface area contributed by atoms with Crippen molar-refractivity contribution in [3.05, 3.63) is 64.8 Å². The van der Waals surface area contributed by atoms with Gasteiger partial charge in [-0.05, 0) is 30.7 Å². The summed E-state index contributed by atoms with van der Waals surface area (Å²) in [7, 11) is 0. The topological polar surface area (TPSA) is 42.1 Å². The minimum atomic E-state index is -0.000781. The molecule has 100 valence electrons. The predicted molar refractivity (Wildman–Crippen MR) is 81.2 cm³/mol. The van der Waals surface area contributed by atoms with Gasteiger partial charge in [-0.15, -0.1) is 0 Å². The number of hydrogen-bond donors (Lipinski definition) is 1. The summed E-state index contributed by atoms with van der Waals surface area (Å²) >= 11 is 0. The Hall–Kier alpha value is -2.55. The fourth-order valence-electron chi connectivity index (χ4n) is 2.26. The molecule has 3 heteroatoms. The fourth-order valence-corrected chi connectivity index (χ4v) is 2.26. The van der Waals surface area contributed by atoms with Crippen LogP contribution in [0.25, 0.3) is 22.2 Å². The van der Waals surface area contributed by atoms with Crippen molar-refractivity contribution in [1.82, 2.24) is 4.98 Å². The molecule has 0 amide bonds. The molecule has 0 saturated carbocycles. The molecule has 0 fully saturated rings. The van der Waals surface area contributed by atoms with Crippen LogP contribution in [-0.4, -0.2) is 11.6 Å². The maximum Gasteiger partial charge on any atom is 0.190 e. The van der Waals surface area contributed by atoms with E-state index in [-0.39, 0.29) is 5.43 Å². The molecule has 0 bridgehead atoms. The molecule has 20 heavy (non-hydrogen) atoms. The van der Waals surface area contributed by atoms with Crippen molar-refractivity contribution in [2.75, 3.05) is 6.61 Å². The van der Waals surface area contributed by atoms with E-state index < -0.39 is 0 Å². The van der Waals surface area contributed by atoms with Gasteiger partial charge in [0.1, 0.15) is 5.75 Å². The lowest BCUT2D eigenvalue weighted by molar-refractivity contribution is 0.340. The van der Waals surface area contributed by atoms with E-state index in [1.54, 1.807) is 12.1 Å². The van der Waals surface area contributed by atoms with Crippen LogP contribution >= 0.6 is 0 Å². The van der Waals surface area contributed by atoms with Gasteiger partial charge in [0.2, 0.25) is 0 Å². The Balaban J connectivity index is 2.16. The molecule has 0 saturated heterocycles. The van der Waals surface area contributed by atoms with E-state index in [1.165, 1.54) is 0 Å². The van der Waals surface area contributed by atoms with Gasteiger partial charge in [-0.3, -0.25) is 4.79 Å². The Labute approximate surface area is 116 Å². The third-order valence-electron chi connectivity index (χ3n) is 3.20. The van der Waals surface area contributed by atoms with Crippen molar-refractivity contribution >= 4 is 10.9 Å². The van der Waals surface area contributed by atoms with Crippen molar-refractivity contribution in [3.63, 3.8) is 0 Å². The van der Waals surface area contributed by atoms with E-state index in [2.05, 4.69) is 4.98 Å². The molecule has 1 aromatic heterocycles. The van der Waals surface area contributed by atoms with Crippen LogP contribution in [0.3, 0.4) is 0 Å². The van der Waals surface area contributed by atoms with Gasteiger partial charge in [-0.2, -0.15) is 0 Å². The number of hydrogen-bond acceptors (Lipinski definition) is 2. The number of aromatic nitrogens is 1. The van der Waals surface area contributed by atoms with Crippen molar-refractivity contribution in [1.29, 1.82) is 0 Å². The summed E-state index contributed by atoms with van der Waals surface area (Å²) in [5.74, 6) is 0.720. The summed E-state index contributed by atoms with van der Waals surface area (Å²) in [6.07, 6.45) is 0. The first-order valence-corrected chi connectivity index (χ1v) is 6.63. The zero-order valence-electron chi connectivity index (χ0n) is 11.2. The molecule has 0 spiro atoms. The molecule has 0 unspecified atom stereocenters. The minimum absolute atomic E-state index is 0.000781. The highest BCUT2D eigenvalue weighted by Crippen LogP contribution is 2.21. The quantitative estimate of drug-likeness (QED) is 0.786. The Bertz CT molecular complexity index is 791. The number of H-pyrrole nitrogens is 1. The number of benzene rings is 2. The third-order valence-corrected chi connectivity index (χ3v) is 3.20. The molecule has 1 N–H and O–H groups in total. The molecule has 0 radical (unpaired) electrons. The van der Waals surface area contributed by atoms with E-state index in [0.29, 0.717) is 12.0 Å². The summed E-state index contributed by atoms with van der Waals surface area (Å²) in [5.41, 5.74) is 2.65. The molecule has 0 aliphatic carbocycles. The number of rotatable bonds is 3. The van der Waals surface area contributed by atoms with Crippen molar-refractivity contribution in [3.8, 4) is 17.0 Å². The van der Waals surface area contributed by atoms with E-state index in [1.807, 2.05) is 49.4 Å². The van der Waals surface area contributed by atoms with Crippen molar-refractivity contribution in [2.45, 2.75) is 6.92 Å². The maximum atomic E-state index is 12.3. The van der Waals surface area contributed by atoms with E-state index in [0.717, 1.165) is 22.5 Å². The second-order valence-corrected chi connectivity index (χ2v) is 4.55. The Morgan fingerprint density at radius 3 is 2.60 bits per heavy atom. The Kier molecular flexibility index (Phi) is 3.25. The van der Waals surface area contributed by atoms with Gasteiger partial charge in [0.05, 0.1) is 6.61 Å². The highest BCUT2D eigenvalue weighted by atomic mass is 16.5. The normalized spacial score (nSPS) is 10.7. The summed E-state index contributed by atoms with van der Waals surface area (Å²) in [5, 5.41) is 0.649. The standard InChI is InChI=1S/C17H15NO2/c1-2-20-13-8-9-15-14(10-13)17(19)11-16(18-15)12-6-4-3-5-7-12/h3-11H,2H2,1H3,(H,18,19). The summed E-state index contributed by atoms with van der Waals surface area (Å²) in [6.45, 7) is 2.51. The largest absolute Gasteiger partial charge is 0.494 e. The van der Waals surface area contributed by atoms with Crippen LogP contribution in [0.4, 0.5) is 0 Å². The highest BCUT2D eigenvalue weighted by molar-refractivity contribution is 5.82. The van der Waals surface area contributed by atoms with Gasteiger partial charge >= 0.3 is 0 Å². The zero-order valence-corrected chi connectivity index (χ0v) is 11.2. The van der Waals surface area contributed by atoms with Gasteiger partial charge in [0.25, 0.3) is 0 Å². The van der Waals surface area contributed by atoms with E-state index in [4.69, 9.17) is 4.74 Å². The zero-order chi connectivity index (χ0) is 13.9. The van der Waals surface area contributed by atoms with Gasteiger partial charge in [-0.1, -0.05) is 30.3 Å². The SMILES string of the molecule is CCOc1ccc2[nH]c(-c3ccccc3)cc(=O)c2c1. The van der Waals surface area contributed by atoms with E-state index in [9.17, 15) is 4.79 Å². The molecular formula is C17H15NO2. The second-order valence-electron chi connectivity index (χ2n) is 4.55. The van der Waals surface area contributed by atoms with Crippen LogP contribution in [0.1, 0.15) is 6.92 Å². The minimum Gasteiger partial charge on any atom is -0.494 e. The average Bonchev–Trinajstić information content (AvgIpc) is 2.49. The number of fused-ring (bicyclic) bond motifs is 1. The van der Waals surface area contributed by atoms with E-state index >= 15 is 0 Å². The van der Waals surface area contributed by atoms with Crippen LogP contribution in [-0.2, 0) is 0 Å². The number of nitrogens with one attached hydrogen (secondary N) is 1. The molecule has 3 nitrogen and oxygen atoms in total. The van der Waals surface area contributed by atoms with Gasteiger partial charge in [0, 0.05) is 22.7 Å². The molecule has 0 atom stereocenters. The lowest BCUT2D eigenvalue weighted by Crippen LogP contribution is -2.03. The van der Waals surface area contributed by atoms with Crippen LogP contribution in [0.5, 0.6) is 5.75 Å². The molecule has 3 aromatic rings. The molecule has 2 aromatic carbocycles. The molecule has 1 heterocycles. The molecule has 0 aliphatic heterocycles. The summed E-state index contributed by atoms with van der Waals surface area (Å²) in [6, 6.07) is 17.0. The summed E-state index contributed by atoms with van der Waals surface area (Å²) < 4.78 is 5.43. The van der Waals surface area contributed by atoms with Crippen LogP contribution in [0, 0.1) is 0 Å². The lowest BCUT2D eigenvalue weighted by Gasteiger charge is -2.07. The molecule has 3 rings (SSSR count). The van der Waals surface area contributed by atoms with Gasteiger partial charge < -0.3 is 9.72 Å². The maximum absolute atomic E-state index is 12.3. The smallest absolute Gasteiger partial charge is 0.190 e. The first-order valence-electron chi connectivity index (χ1n) is 6.63. The first kappa shape index (κ1) is 12.5. The predicted octanol–water partition coefficient (Wildman–Crippen LogP) is 3.59. The van der Waals surface area contributed by atoms with Crippen LogP contribution in [0.15, 0.2) is 59.4 Å². The first-order chi connectivity index (χ1) is 9.78. The monoisotopic (exact) mass is 265 g/mol. The number of aromatic amines is 1. The Morgan fingerprint density at radius 1 is 1.05 bits per heavy atom. The molecule has 0 aliphatic rings. The van der Waals surface area contributed by atoms with Gasteiger partial charge in [0.15, 0.2) is 5.43 Å². The molecular weight excluding hydrogens is 250 g/mol. The Morgan fingerprint density at radius 2 is 1.85 bits per heavy atom. The second kappa shape index (κ2) is 5.21. The van der Waals surface area contributed by atoms with Crippen LogP contribution < -0.4 is 10.2 Å². The average molecular weight is 265 g/mol. The van der Waals surface area contributed by atoms with Gasteiger partial charge in [-0.25, -0.2) is 0 Å².